The molecule has 0 aromatic rings. The highest BCUT2D eigenvalue weighted by Crippen LogP contribution is 2.13. The van der Waals surface area contributed by atoms with Gasteiger partial charge in [0.1, 0.15) is 0 Å². The van der Waals surface area contributed by atoms with Gasteiger partial charge in [0.15, 0.2) is 0 Å². The van der Waals surface area contributed by atoms with Crippen molar-refractivity contribution in [3.05, 3.63) is 23.2 Å². The van der Waals surface area contributed by atoms with Gasteiger partial charge in [-0.3, -0.25) is 0 Å². The largest absolute Gasteiger partial charge is 0.478 e. The van der Waals surface area contributed by atoms with Gasteiger partial charge in [-0.1, -0.05) is 29.1 Å². The Kier molecular flexibility index (Phi) is 4.03. The lowest BCUT2D eigenvalue weighted by atomic mass is 10.2. The summed E-state index contributed by atoms with van der Waals surface area (Å²) in [6.07, 6.45) is 1.09. The van der Waals surface area contributed by atoms with Gasteiger partial charge in [-0.15, -0.1) is 0 Å². The maximum atomic E-state index is 10.2. The number of rotatable bonds is 4. The SMILES string of the molecule is C=C(Br)CCC(=C)C(=O)O. The van der Waals surface area contributed by atoms with Gasteiger partial charge in [0.2, 0.25) is 0 Å². The first kappa shape index (κ1) is 9.43. The first-order valence-corrected chi connectivity index (χ1v) is 3.57. The van der Waals surface area contributed by atoms with Crippen LogP contribution in [0.4, 0.5) is 0 Å². The van der Waals surface area contributed by atoms with E-state index in [9.17, 15) is 4.79 Å². The molecule has 0 amide bonds. The van der Waals surface area contributed by atoms with Crippen LogP contribution in [0.1, 0.15) is 12.8 Å². The van der Waals surface area contributed by atoms with Crippen LogP contribution in [0.2, 0.25) is 0 Å². The molecule has 0 aliphatic heterocycles. The Morgan fingerprint density at radius 2 is 1.90 bits per heavy atom. The van der Waals surface area contributed by atoms with Gasteiger partial charge in [0.05, 0.1) is 0 Å². The van der Waals surface area contributed by atoms with E-state index < -0.39 is 5.97 Å². The molecular formula is C7H9BrO2. The zero-order valence-corrected chi connectivity index (χ0v) is 7.15. The highest BCUT2D eigenvalue weighted by atomic mass is 79.9. The predicted octanol–water partition coefficient (Wildman–Crippen LogP) is 2.32. The van der Waals surface area contributed by atoms with E-state index in [-0.39, 0.29) is 5.57 Å². The van der Waals surface area contributed by atoms with E-state index in [1.807, 2.05) is 0 Å². The molecule has 0 saturated heterocycles. The molecule has 1 N–H and O–H groups in total. The van der Waals surface area contributed by atoms with E-state index in [2.05, 4.69) is 29.1 Å². The van der Waals surface area contributed by atoms with Crippen LogP contribution in [0, 0.1) is 0 Å². The fourth-order valence-electron chi connectivity index (χ4n) is 0.393. The molecule has 0 bridgehead atoms. The molecule has 10 heavy (non-hydrogen) atoms. The monoisotopic (exact) mass is 204 g/mol. The lowest BCUT2D eigenvalue weighted by Crippen LogP contribution is -1.98. The summed E-state index contributed by atoms with van der Waals surface area (Å²) < 4.78 is 0.801. The third-order valence-electron chi connectivity index (χ3n) is 1.00. The van der Waals surface area contributed by atoms with Gasteiger partial charge in [-0.25, -0.2) is 4.79 Å². The molecule has 0 aliphatic carbocycles. The second-order valence-electron chi connectivity index (χ2n) is 1.93. The summed E-state index contributed by atoms with van der Waals surface area (Å²) in [4.78, 5) is 10.2. The lowest BCUT2D eigenvalue weighted by Gasteiger charge is -1.96. The Morgan fingerprint density at radius 1 is 1.40 bits per heavy atom. The number of hydrogen-bond donors (Lipinski definition) is 1. The molecule has 0 saturated carbocycles. The van der Waals surface area contributed by atoms with Gasteiger partial charge in [0, 0.05) is 5.57 Å². The Hall–Kier alpha value is -0.570. The Morgan fingerprint density at radius 3 is 2.20 bits per heavy atom. The molecule has 56 valence electrons. The van der Waals surface area contributed by atoms with Crippen molar-refractivity contribution in [3.63, 3.8) is 0 Å². The van der Waals surface area contributed by atoms with E-state index in [0.29, 0.717) is 12.8 Å². The van der Waals surface area contributed by atoms with E-state index >= 15 is 0 Å². The van der Waals surface area contributed by atoms with Crippen LogP contribution in [-0.2, 0) is 4.79 Å². The number of hydrogen-bond acceptors (Lipinski definition) is 1. The average molecular weight is 205 g/mol. The zero-order chi connectivity index (χ0) is 8.15. The second-order valence-corrected chi connectivity index (χ2v) is 3.05. The minimum Gasteiger partial charge on any atom is -0.478 e. The van der Waals surface area contributed by atoms with Crippen LogP contribution < -0.4 is 0 Å². The van der Waals surface area contributed by atoms with Crippen molar-refractivity contribution < 1.29 is 9.90 Å². The highest BCUT2D eigenvalue weighted by Gasteiger charge is 2.02. The molecule has 0 unspecified atom stereocenters. The topological polar surface area (TPSA) is 37.3 Å². The molecule has 0 aliphatic rings. The maximum Gasteiger partial charge on any atom is 0.330 e. The molecule has 0 spiro atoms. The Labute approximate surface area is 68.4 Å². The lowest BCUT2D eigenvalue weighted by molar-refractivity contribution is -0.132. The van der Waals surface area contributed by atoms with Gasteiger partial charge >= 0.3 is 5.97 Å². The van der Waals surface area contributed by atoms with E-state index in [1.54, 1.807) is 0 Å². The van der Waals surface area contributed by atoms with Crippen LogP contribution in [0.5, 0.6) is 0 Å². The Balaban J connectivity index is 3.60. The standard InChI is InChI=1S/C7H9BrO2/c1-5(7(9)10)3-4-6(2)8/h1-4H2,(H,9,10). The van der Waals surface area contributed by atoms with Crippen LogP contribution in [0.15, 0.2) is 23.2 Å². The van der Waals surface area contributed by atoms with Crippen LogP contribution in [0.25, 0.3) is 0 Å². The fourth-order valence-corrected chi connectivity index (χ4v) is 0.592. The molecule has 0 aromatic heterocycles. The van der Waals surface area contributed by atoms with Gasteiger partial charge < -0.3 is 5.11 Å². The summed E-state index contributed by atoms with van der Waals surface area (Å²) in [6.45, 7) is 6.93. The van der Waals surface area contributed by atoms with Gasteiger partial charge in [-0.05, 0) is 17.3 Å². The summed E-state index contributed by atoms with van der Waals surface area (Å²) in [5, 5.41) is 8.35. The van der Waals surface area contributed by atoms with E-state index in [1.165, 1.54) is 0 Å². The first-order chi connectivity index (χ1) is 4.54. The van der Waals surface area contributed by atoms with Gasteiger partial charge in [0.25, 0.3) is 0 Å². The highest BCUT2D eigenvalue weighted by molar-refractivity contribution is 9.11. The molecule has 2 nitrogen and oxygen atoms in total. The molecule has 0 atom stereocenters. The predicted molar refractivity (Wildman–Crippen MR) is 44.1 cm³/mol. The van der Waals surface area contributed by atoms with E-state index in [4.69, 9.17) is 5.11 Å². The van der Waals surface area contributed by atoms with Crippen molar-refractivity contribution in [2.75, 3.05) is 0 Å². The molecule has 0 heterocycles. The fraction of sp³-hybridized carbons (Fsp3) is 0.286. The number of halogens is 1. The maximum absolute atomic E-state index is 10.2. The van der Waals surface area contributed by atoms with E-state index in [0.717, 1.165) is 4.48 Å². The zero-order valence-electron chi connectivity index (χ0n) is 5.56. The van der Waals surface area contributed by atoms with Crippen LogP contribution >= 0.6 is 15.9 Å². The molecular weight excluding hydrogens is 196 g/mol. The van der Waals surface area contributed by atoms with Crippen molar-refractivity contribution in [3.8, 4) is 0 Å². The number of carbonyl (C=O) groups is 1. The third-order valence-corrected chi connectivity index (χ3v) is 1.40. The van der Waals surface area contributed by atoms with Crippen LogP contribution in [-0.4, -0.2) is 11.1 Å². The summed E-state index contributed by atoms with van der Waals surface area (Å²) >= 11 is 3.12. The Bertz CT molecular complexity index is 172. The van der Waals surface area contributed by atoms with Gasteiger partial charge in [-0.2, -0.15) is 0 Å². The molecule has 0 aromatic carbocycles. The smallest absolute Gasteiger partial charge is 0.330 e. The minimum atomic E-state index is -0.936. The van der Waals surface area contributed by atoms with Crippen molar-refractivity contribution in [2.24, 2.45) is 0 Å². The van der Waals surface area contributed by atoms with Crippen molar-refractivity contribution in [1.29, 1.82) is 0 Å². The summed E-state index contributed by atoms with van der Waals surface area (Å²) in [5.41, 5.74) is 0.223. The molecule has 0 radical (unpaired) electrons. The van der Waals surface area contributed by atoms with Crippen molar-refractivity contribution in [2.45, 2.75) is 12.8 Å². The number of allylic oxidation sites excluding steroid dienone is 1. The van der Waals surface area contributed by atoms with Crippen LogP contribution in [0.3, 0.4) is 0 Å². The molecule has 0 fully saturated rings. The normalized spacial score (nSPS) is 8.90. The number of carboxylic acid groups (broad SMARTS) is 1. The minimum absolute atomic E-state index is 0.223. The summed E-state index contributed by atoms with van der Waals surface area (Å²) in [7, 11) is 0. The summed E-state index contributed by atoms with van der Waals surface area (Å²) in [6, 6.07) is 0. The summed E-state index contributed by atoms with van der Waals surface area (Å²) in [5.74, 6) is -0.936. The van der Waals surface area contributed by atoms with Crippen molar-refractivity contribution >= 4 is 21.9 Å². The quantitative estimate of drug-likeness (QED) is 0.715. The third kappa shape index (κ3) is 4.32. The molecule has 0 rings (SSSR count). The number of aliphatic carboxylic acids is 1. The second kappa shape index (κ2) is 4.28. The average Bonchev–Trinajstić information content (AvgIpc) is 1.82. The number of carboxylic acids is 1. The molecule has 3 heteroatoms. The first-order valence-electron chi connectivity index (χ1n) is 2.78. The van der Waals surface area contributed by atoms with Crippen molar-refractivity contribution in [1.82, 2.24) is 0 Å².